The Hall–Kier alpha value is -1.09. The second-order valence-electron chi connectivity index (χ2n) is 6.28. The second-order valence-corrected chi connectivity index (χ2v) is 6.28. The van der Waals surface area contributed by atoms with Crippen LogP contribution >= 0.6 is 0 Å². The zero-order valence-corrected chi connectivity index (χ0v) is 12.6. The largest absolute Gasteiger partial charge is 0.310 e. The quantitative estimate of drug-likeness (QED) is 0.858. The molecule has 1 heterocycles. The Morgan fingerprint density at radius 3 is 2.80 bits per heavy atom. The minimum atomic E-state index is 0.787. The highest BCUT2D eigenvalue weighted by Gasteiger charge is 2.23. The molecule has 1 aromatic rings. The van der Waals surface area contributed by atoms with E-state index < -0.39 is 0 Å². The van der Waals surface area contributed by atoms with E-state index in [1.54, 1.807) is 5.57 Å². The molecule has 2 fully saturated rings. The molecular formula is C17H27N3. The first-order chi connectivity index (χ1) is 9.86. The van der Waals surface area contributed by atoms with Crippen molar-refractivity contribution in [2.24, 2.45) is 5.92 Å². The highest BCUT2D eigenvalue weighted by molar-refractivity contribution is 5.50. The summed E-state index contributed by atoms with van der Waals surface area (Å²) in [5.41, 5.74) is 2.87. The van der Waals surface area contributed by atoms with Crippen molar-refractivity contribution in [2.45, 2.75) is 64.5 Å². The first-order valence-electron chi connectivity index (χ1n) is 8.32. The normalized spacial score (nSPS) is 21.4. The predicted octanol–water partition coefficient (Wildman–Crippen LogP) is 3.62. The van der Waals surface area contributed by atoms with Gasteiger partial charge in [-0.2, -0.15) is 5.10 Å². The molecule has 0 aromatic carbocycles. The summed E-state index contributed by atoms with van der Waals surface area (Å²) in [6, 6.07) is 2.93. The van der Waals surface area contributed by atoms with Crippen LogP contribution in [0.2, 0.25) is 0 Å². The first-order valence-corrected chi connectivity index (χ1v) is 8.32. The van der Waals surface area contributed by atoms with Gasteiger partial charge in [0.1, 0.15) is 0 Å². The first kappa shape index (κ1) is 13.9. The molecule has 110 valence electrons. The molecule has 20 heavy (non-hydrogen) atoms. The summed E-state index contributed by atoms with van der Waals surface area (Å²) in [5.74, 6) is 0.787. The van der Waals surface area contributed by atoms with Gasteiger partial charge >= 0.3 is 0 Å². The maximum atomic E-state index is 4.39. The highest BCUT2D eigenvalue weighted by atomic mass is 15.3. The Morgan fingerprint density at radius 2 is 2.10 bits per heavy atom. The summed E-state index contributed by atoms with van der Waals surface area (Å²) in [6.07, 6.45) is 14.0. The number of hydrogen-bond donors (Lipinski definition) is 1. The van der Waals surface area contributed by atoms with E-state index in [9.17, 15) is 0 Å². The average Bonchev–Trinajstić information content (AvgIpc) is 3.22. The van der Waals surface area contributed by atoms with Crippen molar-refractivity contribution in [3.63, 3.8) is 0 Å². The summed E-state index contributed by atoms with van der Waals surface area (Å²) < 4.78 is 2.10. The summed E-state index contributed by atoms with van der Waals surface area (Å²) in [6.45, 7) is 4.18. The van der Waals surface area contributed by atoms with Crippen LogP contribution in [0, 0.1) is 5.92 Å². The standard InChI is InChI=1S/C17H27N3/c1-2-20-17(10-11-19-20)12-15(13-18-16-8-9-16)14-6-4-3-5-7-14/h10-12,14,16,18H,2-9,13H2,1H3/b15-12-. The highest BCUT2D eigenvalue weighted by Crippen LogP contribution is 2.31. The van der Waals surface area contributed by atoms with E-state index in [0.717, 1.165) is 25.0 Å². The maximum Gasteiger partial charge on any atom is 0.0609 e. The number of nitrogens with zero attached hydrogens (tertiary/aromatic N) is 2. The van der Waals surface area contributed by atoms with Crippen LogP contribution in [0.15, 0.2) is 17.8 Å². The monoisotopic (exact) mass is 273 g/mol. The van der Waals surface area contributed by atoms with Crippen molar-refractivity contribution in [1.82, 2.24) is 15.1 Å². The van der Waals surface area contributed by atoms with E-state index in [0.29, 0.717) is 0 Å². The molecule has 1 aromatic heterocycles. The number of nitrogens with one attached hydrogen (secondary N) is 1. The van der Waals surface area contributed by atoms with Crippen LogP contribution < -0.4 is 5.32 Å². The van der Waals surface area contributed by atoms with Gasteiger partial charge in [-0.15, -0.1) is 0 Å². The van der Waals surface area contributed by atoms with Gasteiger partial charge in [0.05, 0.1) is 5.69 Å². The molecule has 0 amide bonds. The molecular weight excluding hydrogens is 246 g/mol. The molecule has 2 aliphatic carbocycles. The fourth-order valence-electron chi connectivity index (χ4n) is 3.26. The minimum Gasteiger partial charge on any atom is -0.310 e. The number of aromatic nitrogens is 2. The Morgan fingerprint density at radius 1 is 1.30 bits per heavy atom. The third-order valence-corrected chi connectivity index (χ3v) is 4.68. The molecule has 0 unspecified atom stereocenters. The van der Waals surface area contributed by atoms with E-state index in [1.807, 2.05) is 6.20 Å². The van der Waals surface area contributed by atoms with Crippen molar-refractivity contribution in [1.29, 1.82) is 0 Å². The van der Waals surface area contributed by atoms with Crippen molar-refractivity contribution in [3.8, 4) is 0 Å². The van der Waals surface area contributed by atoms with E-state index in [2.05, 4.69) is 34.2 Å². The molecule has 3 heteroatoms. The van der Waals surface area contributed by atoms with Gasteiger partial charge in [-0.05, 0) is 50.7 Å². The van der Waals surface area contributed by atoms with E-state index in [-0.39, 0.29) is 0 Å². The summed E-state index contributed by atoms with van der Waals surface area (Å²) in [4.78, 5) is 0. The molecule has 2 aliphatic rings. The van der Waals surface area contributed by atoms with Crippen molar-refractivity contribution in [2.75, 3.05) is 6.54 Å². The minimum absolute atomic E-state index is 0.787. The zero-order chi connectivity index (χ0) is 13.8. The predicted molar refractivity (Wildman–Crippen MR) is 83.5 cm³/mol. The van der Waals surface area contributed by atoms with E-state index >= 15 is 0 Å². The molecule has 3 rings (SSSR count). The third kappa shape index (κ3) is 3.51. The van der Waals surface area contributed by atoms with Crippen LogP contribution in [0.5, 0.6) is 0 Å². The topological polar surface area (TPSA) is 29.9 Å². The van der Waals surface area contributed by atoms with Gasteiger partial charge in [-0.25, -0.2) is 0 Å². The molecule has 0 bridgehead atoms. The second kappa shape index (κ2) is 6.57. The smallest absolute Gasteiger partial charge is 0.0609 e. The van der Waals surface area contributed by atoms with Gasteiger partial charge in [0.25, 0.3) is 0 Å². The SMILES string of the molecule is CCn1nccc1/C=C(/CNC1CC1)C1CCCCC1. The maximum absolute atomic E-state index is 4.39. The zero-order valence-electron chi connectivity index (χ0n) is 12.6. The van der Waals surface area contributed by atoms with Gasteiger partial charge in [-0.1, -0.05) is 24.8 Å². The summed E-state index contributed by atoms with van der Waals surface area (Å²) in [5, 5.41) is 8.10. The number of rotatable bonds is 6. The summed E-state index contributed by atoms with van der Waals surface area (Å²) >= 11 is 0. The Kier molecular flexibility index (Phi) is 4.56. The Balaban J connectivity index is 1.75. The van der Waals surface area contributed by atoms with Crippen molar-refractivity contribution >= 4 is 6.08 Å². The number of aryl methyl sites for hydroxylation is 1. The molecule has 1 N–H and O–H groups in total. The van der Waals surface area contributed by atoms with Crippen LogP contribution in [-0.2, 0) is 6.54 Å². The van der Waals surface area contributed by atoms with Gasteiger partial charge < -0.3 is 5.32 Å². The van der Waals surface area contributed by atoms with Gasteiger partial charge in [-0.3, -0.25) is 4.68 Å². The van der Waals surface area contributed by atoms with E-state index in [4.69, 9.17) is 0 Å². The molecule has 0 saturated heterocycles. The average molecular weight is 273 g/mol. The molecule has 2 saturated carbocycles. The van der Waals surface area contributed by atoms with Crippen LogP contribution in [0.1, 0.15) is 57.6 Å². The summed E-state index contributed by atoms with van der Waals surface area (Å²) in [7, 11) is 0. The van der Waals surface area contributed by atoms with Crippen LogP contribution in [0.4, 0.5) is 0 Å². The van der Waals surface area contributed by atoms with Gasteiger partial charge in [0.15, 0.2) is 0 Å². The molecule has 3 nitrogen and oxygen atoms in total. The van der Waals surface area contributed by atoms with Crippen LogP contribution in [-0.4, -0.2) is 22.4 Å². The Labute approximate surface area is 122 Å². The van der Waals surface area contributed by atoms with E-state index in [1.165, 1.54) is 50.6 Å². The Bertz CT molecular complexity index is 451. The van der Waals surface area contributed by atoms with Crippen molar-refractivity contribution < 1.29 is 0 Å². The third-order valence-electron chi connectivity index (χ3n) is 4.68. The van der Waals surface area contributed by atoms with Gasteiger partial charge in [0, 0.05) is 25.3 Å². The fourth-order valence-corrected chi connectivity index (χ4v) is 3.26. The lowest BCUT2D eigenvalue weighted by molar-refractivity contribution is 0.396. The van der Waals surface area contributed by atoms with Crippen LogP contribution in [0.25, 0.3) is 6.08 Å². The molecule has 0 atom stereocenters. The number of hydrogen-bond acceptors (Lipinski definition) is 2. The fraction of sp³-hybridized carbons (Fsp3) is 0.706. The lowest BCUT2D eigenvalue weighted by atomic mass is 9.83. The van der Waals surface area contributed by atoms with Gasteiger partial charge in [0.2, 0.25) is 0 Å². The molecule has 0 aliphatic heterocycles. The molecule has 0 spiro atoms. The van der Waals surface area contributed by atoms with Crippen molar-refractivity contribution in [3.05, 3.63) is 23.5 Å². The lowest BCUT2D eigenvalue weighted by Gasteiger charge is -2.25. The molecule has 0 radical (unpaired) electrons. The van der Waals surface area contributed by atoms with Crippen LogP contribution in [0.3, 0.4) is 0 Å². The lowest BCUT2D eigenvalue weighted by Crippen LogP contribution is -2.24.